The van der Waals surface area contributed by atoms with Gasteiger partial charge in [-0.05, 0) is 71.3 Å². The van der Waals surface area contributed by atoms with E-state index in [4.69, 9.17) is 13.1 Å². The highest BCUT2D eigenvalue weighted by molar-refractivity contribution is 6.11. The van der Waals surface area contributed by atoms with Gasteiger partial charge in [0.1, 0.15) is 0 Å². The molecule has 0 fully saturated rings. The first-order chi connectivity index (χ1) is 24.7. The minimum Gasteiger partial charge on any atom is -0.310 e. The first-order valence-corrected chi connectivity index (χ1v) is 16.2. The average Bonchev–Trinajstić information content (AvgIpc) is 3.70. The van der Waals surface area contributed by atoms with Crippen molar-refractivity contribution < 1.29 is 0 Å². The monoisotopic (exact) mass is 635 g/mol. The molecule has 5 nitrogen and oxygen atoms in total. The van der Waals surface area contributed by atoms with Crippen LogP contribution in [0.1, 0.15) is 5.56 Å². The quantitative estimate of drug-likeness (QED) is 0.177. The van der Waals surface area contributed by atoms with Gasteiger partial charge in [-0.3, -0.25) is 0 Å². The van der Waals surface area contributed by atoms with Gasteiger partial charge in [0.25, 0.3) is 0 Å². The Bertz CT molecular complexity index is 2920. The fourth-order valence-corrected chi connectivity index (χ4v) is 7.43. The maximum Gasteiger partial charge on any atom is 0.195 e. The van der Waals surface area contributed by atoms with Crippen molar-refractivity contribution in [1.29, 1.82) is 5.26 Å². The summed E-state index contributed by atoms with van der Waals surface area (Å²) in [6, 6.07) is 53.1. The summed E-state index contributed by atoms with van der Waals surface area (Å²) in [6.07, 6.45) is 0. The van der Waals surface area contributed by atoms with Gasteiger partial charge >= 0.3 is 0 Å². The van der Waals surface area contributed by atoms with Crippen molar-refractivity contribution >= 4 is 55.0 Å². The second-order valence-corrected chi connectivity index (χ2v) is 12.2. The summed E-state index contributed by atoms with van der Waals surface area (Å²) >= 11 is 0. The van der Waals surface area contributed by atoms with E-state index in [0.29, 0.717) is 16.9 Å². The minimum absolute atomic E-state index is 0.546. The average molecular weight is 636 g/mol. The largest absolute Gasteiger partial charge is 0.310 e. The Balaban J connectivity index is 1.31. The molecular formula is C45H25N5. The highest BCUT2D eigenvalue weighted by atomic mass is 15.0. The van der Waals surface area contributed by atoms with Gasteiger partial charge in [0.2, 0.25) is 0 Å². The summed E-state index contributed by atoms with van der Waals surface area (Å²) in [7, 11) is 0. The second kappa shape index (κ2) is 11.4. The van der Waals surface area contributed by atoms with Crippen LogP contribution < -0.4 is 0 Å². The van der Waals surface area contributed by atoms with Crippen LogP contribution in [-0.4, -0.2) is 9.13 Å². The Morgan fingerprint density at radius 1 is 0.460 bits per heavy atom. The zero-order chi connectivity index (χ0) is 33.8. The molecule has 0 saturated carbocycles. The van der Waals surface area contributed by atoms with Crippen LogP contribution in [0.3, 0.4) is 0 Å². The molecule has 0 radical (unpaired) electrons. The molecule has 50 heavy (non-hydrogen) atoms. The summed E-state index contributed by atoms with van der Waals surface area (Å²) in [6.45, 7) is 16.1. The van der Waals surface area contributed by atoms with Crippen LogP contribution in [-0.2, 0) is 0 Å². The molecule has 0 spiro atoms. The van der Waals surface area contributed by atoms with E-state index in [2.05, 4.69) is 91.6 Å². The summed E-state index contributed by atoms with van der Waals surface area (Å²) in [5.41, 5.74) is 11.3. The van der Waals surface area contributed by atoms with Gasteiger partial charge in [-0.15, -0.1) is 0 Å². The SMILES string of the molecule is [C-]#[N+]c1ccc(-c2ccccc2-c2cc(-n3c4ccccc4c4cc(C#N)ccc43)ccc2[N+]#[C-])c(-n2c3ccccc3c3ccccc32)c1. The molecular weight excluding hydrogens is 611 g/mol. The van der Waals surface area contributed by atoms with Crippen LogP contribution in [0.5, 0.6) is 0 Å². The molecule has 0 aliphatic heterocycles. The van der Waals surface area contributed by atoms with E-state index in [1.807, 2.05) is 84.9 Å². The summed E-state index contributed by atoms with van der Waals surface area (Å²) in [5, 5.41) is 14.0. The molecule has 0 N–H and O–H groups in total. The van der Waals surface area contributed by atoms with Crippen molar-refractivity contribution in [3.63, 3.8) is 0 Å². The lowest BCUT2D eigenvalue weighted by Gasteiger charge is -2.19. The minimum atomic E-state index is 0.546. The van der Waals surface area contributed by atoms with Gasteiger partial charge in [-0.25, -0.2) is 9.69 Å². The highest BCUT2D eigenvalue weighted by Crippen LogP contribution is 2.44. The number of hydrogen-bond donors (Lipinski definition) is 0. The lowest BCUT2D eigenvalue weighted by atomic mass is 9.92. The molecule has 0 aliphatic rings. The maximum absolute atomic E-state index is 9.65. The zero-order valence-electron chi connectivity index (χ0n) is 26.7. The molecule has 2 aromatic heterocycles. The molecule has 2 heterocycles. The van der Waals surface area contributed by atoms with E-state index in [0.717, 1.165) is 77.2 Å². The van der Waals surface area contributed by atoms with E-state index in [1.165, 1.54) is 0 Å². The molecule has 0 aliphatic carbocycles. The zero-order valence-corrected chi connectivity index (χ0v) is 26.7. The number of nitriles is 1. The van der Waals surface area contributed by atoms with E-state index in [1.54, 1.807) is 0 Å². The summed E-state index contributed by atoms with van der Waals surface area (Å²) in [5.74, 6) is 0. The number of benzene rings is 7. The van der Waals surface area contributed by atoms with Crippen LogP contribution in [0.4, 0.5) is 11.4 Å². The van der Waals surface area contributed by atoms with Crippen LogP contribution in [0.15, 0.2) is 152 Å². The molecule has 7 aromatic carbocycles. The van der Waals surface area contributed by atoms with E-state index in [9.17, 15) is 5.26 Å². The first kappa shape index (κ1) is 28.8. The van der Waals surface area contributed by atoms with E-state index < -0.39 is 0 Å². The third-order valence-corrected chi connectivity index (χ3v) is 9.60. The van der Waals surface area contributed by atoms with Gasteiger partial charge < -0.3 is 9.13 Å². The Labute approximate surface area is 288 Å². The van der Waals surface area contributed by atoms with Gasteiger partial charge in [-0.1, -0.05) is 97.1 Å². The summed E-state index contributed by atoms with van der Waals surface area (Å²) in [4.78, 5) is 7.81. The lowest BCUT2D eigenvalue weighted by Crippen LogP contribution is -1.99. The van der Waals surface area contributed by atoms with Crippen molar-refractivity contribution in [2.45, 2.75) is 0 Å². The number of rotatable bonds is 4. The molecule has 0 unspecified atom stereocenters. The third kappa shape index (κ3) is 4.31. The first-order valence-electron chi connectivity index (χ1n) is 16.2. The Kier molecular flexibility index (Phi) is 6.56. The van der Waals surface area contributed by atoms with Crippen molar-refractivity contribution in [3.8, 4) is 39.7 Å². The fraction of sp³-hybridized carbons (Fsp3) is 0. The second-order valence-electron chi connectivity index (χ2n) is 12.2. The van der Waals surface area contributed by atoms with Crippen LogP contribution in [0.2, 0.25) is 0 Å². The Hall–Kier alpha value is -7.39. The predicted octanol–water partition coefficient (Wildman–Crippen LogP) is 12.2. The number of aromatic nitrogens is 2. The van der Waals surface area contributed by atoms with E-state index in [-0.39, 0.29) is 0 Å². The molecule has 230 valence electrons. The fourth-order valence-electron chi connectivity index (χ4n) is 7.43. The highest BCUT2D eigenvalue weighted by Gasteiger charge is 2.20. The molecule has 0 bridgehead atoms. The lowest BCUT2D eigenvalue weighted by molar-refractivity contribution is 1.18. The van der Waals surface area contributed by atoms with Crippen LogP contribution in [0, 0.1) is 24.5 Å². The normalized spacial score (nSPS) is 11.1. The summed E-state index contributed by atoms with van der Waals surface area (Å²) < 4.78 is 4.46. The topological polar surface area (TPSA) is 42.4 Å². The molecule has 0 atom stereocenters. The molecule has 9 rings (SSSR count). The van der Waals surface area contributed by atoms with E-state index >= 15 is 0 Å². The predicted molar refractivity (Wildman–Crippen MR) is 203 cm³/mol. The number of fused-ring (bicyclic) bond motifs is 6. The van der Waals surface area contributed by atoms with Crippen molar-refractivity contribution in [2.24, 2.45) is 0 Å². The van der Waals surface area contributed by atoms with Crippen molar-refractivity contribution in [2.75, 3.05) is 0 Å². The maximum atomic E-state index is 9.65. The van der Waals surface area contributed by atoms with Gasteiger partial charge in [0.15, 0.2) is 11.4 Å². The van der Waals surface area contributed by atoms with Crippen LogP contribution >= 0.6 is 0 Å². The smallest absolute Gasteiger partial charge is 0.195 e. The van der Waals surface area contributed by atoms with Crippen molar-refractivity contribution in [1.82, 2.24) is 9.13 Å². The van der Waals surface area contributed by atoms with Gasteiger partial charge in [0, 0.05) is 38.5 Å². The molecule has 0 amide bonds. The standard InChI is InChI=1S/C45H25N5/c1-47-30-20-22-37(45(26-30)50-42-17-9-5-13-34(42)35-14-6-10-18-43(35)50)32-11-3-4-12-33(32)38-27-31(21-23-40(38)48-2)49-41-16-8-7-15-36(41)39-25-29(28-46)19-24-44(39)49/h3-27H. The van der Waals surface area contributed by atoms with Crippen LogP contribution in [0.25, 0.3) is 86.9 Å². The number of hydrogen-bond acceptors (Lipinski definition) is 1. The van der Waals surface area contributed by atoms with Gasteiger partial charge in [-0.2, -0.15) is 5.26 Å². The molecule has 0 saturated heterocycles. The molecule has 5 heteroatoms. The Morgan fingerprint density at radius 2 is 1.04 bits per heavy atom. The van der Waals surface area contributed by atoms with Crippen molar-refractivity contribution in [3.05, 3.63) is 180 Å². The molecule has 9 aromatic rings. The Morgan fingerprint density at radius 3 is 1.68 bits per heavy atom. The third-order valence-electron chi connectivity index (χ3n) is 9.60. The number of para-hydroxylation sites is 3. The van der Waals surface area contributed by atoms with Gasteiger partial charge in [0.05, 0.1) is 46.8 Å². The number of nitrogens with zero attached hydrogens (tertiary/aromatic N) is 5.